The molecule has 0 radical (unpaired) electrons. The third-order valence-electron chi connectivity index (χ3n) is 3.78. The molecule has 0 N–H and O–H groups in total. The molecule has 0 aromatic heterocycles. The predicted octanol–water partition coefficient (Wildman–Crippen LogP) is -1.09. The van der Waals surface area contributed by atoms with E-state index in [0.717, 1.165) is 0 Å². The van der Waals surface area contributed by atoms with Gasteiger partial charge >= 0.3 is 35.5 Å². The summed E-state index contributed by atoms with van der Waals surface area (Å²) >= 11 is 0. The number of hydrogen-bond acceptors (Lipinski definition) is 6. The number of carbonyl (C=O) groups is 4. The van der Waals surface area contributed by atoms with Crippen LogP contribution in [-0.4, -0.2) is 41.3 Å². The fourth-order valence-electron chi connectivity index (χ4n) is 2.46. The first-order chi connectivity index (χ1) is 12.9. The molecule has 1 unspecified atom stereocenters. The van der Waals surface area contributed by atoms with Crippen LogP contribution < -0.4 is 34.7 Å². The largest absolute Gasteiger partial charge is 1.00 e. The van der Waals surface area contributed by atoms with Gasteiger partial charge in [-0.3, -0.25) is 19.3 Å². The van der Waals surface area contributed by atoms with Crippen molar-refractivity contribution >= 4 is 23.8 Å². The Labute approximate surface area is 189 Å². The van der Waals surface area contributed by atoms with E-state index in [4.69, 9.17) is 4.74 Å². The minimum atomic E-state index is -1.66. The van der Waals surface area contributed by atoms with Crippen molar-refractivity contribution < 1.29 is 58.6 Å². The van der Waals surface area contributed by atoms with Gasteiger partial charge in [0, 0.05) is 12.8 Å². The fraction of sp³-hybridized carbons (Fsp3) is 0.600. The van der Waals surface area contributed by atoms with Crippen molar-refractivity contribution in [2.24, 2.45) is 0 Å². The number of unbranched alkanes of at least 4 members (excludes halogenated alkanes) is 2. The van der Waals surface area contributed by atoms with E-state index in [1.54, 1.807) is 6.92 Å². The molecule has 0 spiro atoms. The zero-order valence-electron chi connectivity index (χ0n) is 17.4. The molecule has 2 amide bonds. The van der Waals surface area contributed by atoms with E-state index in [-0.39, 0.29) is 49.0 Å². The number of imide groups is 1. The Morgan fingerprint density at radius 2 is 1.43 bits per heavy atom. The third kappa shape index (κ3) is 12.1. The Kier molecular flexibility index (Phi) is 18.1. The van der Waals surface area contributed by atoms with Gasteiger partial charge in [0.1, 0.15) is 0 Å². The molecular weight excluding hydrogens is 373 g/mol. The normalized spacial score (nSPS) is 11.8. The molecule has 0 bridgehead atoms. The summed E-state index contributed by atoms with van der Waals surface area (Å²) in [4.78, 5) is 49.0. The topological polar surface area (TPSA) is 104 Å². The fourth-order valence-corrected chi connectivity index (χ4v) is 2.46. The number of nitrogens with zero attached hydrogens (tertiary/aromatic N) is 1. The van der Waals surface area contributed by atoms with Crippen LogP contribution in [0.1, 0.15) is 65.7 Å². The Morgan fingerprint density at radius 1 is 0.964 bits per heavy atom. The van der Waals surface area contributed by atoms with Crippen molar-refractivity contribution in [3.05, 3.63) is 24.3 Å². The van der Waals surface area contributed by atoms with Gasteiger partial charge in [-0.1, -0.05) is 24.3 Å². The van der Waals surface area contributed by atoms with E-state index in [0.29, 0.717) is 30.6 Å². The van der Waals surface area contributed by atoms with Gasteiger partial charge in [-0.2, -0.15) is 0 Å². The first-order valence-electron chi connectivity index (χ1n) is 9.32. The van der Waals surface area contributed by atoms with E-state index >= 15 is 0 Å². The van der Waals surface area contributed by atoms with Crippen LogP contribution >= 0.6 is 0 Å². The minimum Gasteiger partial charge on any atom is -0.548 e. The number of aliphatic carboxylic acids is 1. The molecular formula is C20H30NNaO6. The van der Waals surface area contributed by atoms with Gasteiger partial charge in [0.25, 0.3) is 0 Å². The summed E-state index contributed by atoms with van der Waals surface area (Å²) in [6.45, 7) is 5.37. The summed E-state index contributed by atoms with van der Waals surface area (Å²) in [7, 11) is 0. The van der Waals surface area contributed by atoms with Crippen LogP contribution in [0, 0.1) is 0 Å². The number of amides is 2. The molecule has 152 valence electrons. The maximum absolute atomic E-state index is 12.5. The number of esters is 1. The second-order valence-corrected chi connectivity index (χ2v) is 5.92. The predicted molar refractivity (Wildman–Crippen MR) is 99.2 cm³/mol. The number of carbonyl (C=O) groups excluding carboxylic acids is 4. The standard InChI is InChI=1S/C20H31NO6.Na/c1-4-7-9-11-13-17(22)21(18(23)14-12-10-8-5-2)16(20(25)26)15-19(24)27-6-3;/h4-5,7-8,16H,6,9-15H2,1-3H3,(H,25,26);/q;+1/p-1/b7-4+,8-5+;. The molecule has 8 heteroatoms. The van der Waals surface area contributed by atoms with Crippen LogP contribution in [0.4, 0.5) is 0 Å². The molecule has 0 fully saturated rings. The van der Waals surface area contributed by atoms with E-state index in [9.17, 15) is 24.3 Å². The number of rotatable bonds is 13. The maximum Gasteiger partial charge on any atom is 1.00 e. The Morgan fingerprint density at radius 3 is 1.79 bits per heavy atom. The second-order valence-electron chi connectivity index (χ2n) is 5.92. The summed E-state index contributed by atoms with van der Waals surface area (Å²) in [5.74, 6) is -3.67. The van der Waals surface area contributed by atoms with Gasteiger partial charge < -0.3 is 14.6 Å². The maximum atomic E-state index is 12.5. The van der Waals surface area contributed by atoms with Crippen molar-refractivity contribution in [1.29, 1.82) is 0 Å². The summed E-state index contributed by atoms with van der Waals surface area (Å²) in [6.07, 6.45) is 9.09. The molecule has 28 heavy (non-hydrogen) atoms. The molecule has 0 heterocycles. The van der Waals surface area contributed by atoms with Crippen molar-refractivity contribution in [2.75, 3.05) is 6.61 Å². The van der Waals surface area contributed by atoms with Crippen LogP contribution in [0.5, 0.6) is 0 Å². The first-order valence-corrected chi connectivity index (χ1v) is 9.32. The monoisotopic (exact) mass is 403 g/mol. The summed E-state index contributed by atoms with van der Waals surface area (Å²) < 4.78 is 4.76. The average molecular weight is 403 g/mol. The van der Waals surface area contributed by atoms with Gasteiger partial charge in [0.15, 0.2) is 0 Å². The van der Waals surface area contributed by atoms with E-state index in [2.05, 4.69) is 0 Å². The zero-order chi connectivity index (χ0) is 20.7. The van der Waals surface area contributed by atoms with Gasteiger partial charge in [-0.15, -0.1) is 0 Å². The number of ether oxygens (including phenoxy) is 1. The molecule has 7 nitrogen and oxygen atoms in total. The molecule has 0 aromatic rings. The zero-order valence-corrected chi connectivity index (χ0v) is 19.4. The van der Waals surface area contributed by atoms with E-state index in [1.165, 1.54) is 0 Å². The average Bonchev–Trinajstić information content (AvgIpc) is 2.62. The smallest absolute Gasteiger partial charge is 0.548 e. The molecule has 0 aromatic carbocycles. The number of carboxylic acids is 1. The van der Waals surface area contributed by atoms with Crippen LogP contribution in [0.3, 0.4) is 0 Å². The first kappa shape index (κ1) is 28.8. The van der Waals surface area contributed by atoms with E-state index < -0.39 is 36.2 Å². The summed E-state index contributed by atoms with van der Waals surface area (Å²) in [5.41, 5.74) is 0. The Balaban J connectivity index is 0. The molecule has 0 aliphatic heterocycles. The Hall–Kier alpha value is -1.44. The van der Waals surface area contributed by atoms with Gasteiger partial charge in [0.05, 0.1) is 25.0 Å². The van der Waals surface area contributed by atoms with Crippen molar-refractivity contribution in [3.63, 3.8) is 0 Å². The van der Waals surface area contributed by atoms with Gasteiger partial charge in [0.2, 0.25) is 11.8 Å². The summed E-state index contributed by atoms with van der Waals surface area (Å²) in [5, 5.41) is 11.6. The van der Waals surface area contributed by atoms with Crippen LogP contribution in [0.15, 0.2) is 24.3 Å². The minimum absolute atomic E-state index is 0. The van der Waals surface area contributed by atoms with Crippen molar-refractivity contribution in [1.82, 2.24) is 4.90 Å². The van der Waals surface area contributed by atoms with E-state index in [1.807, 2.05) is 38.2 Å². The SMILES string of the molecule is C/C=C/CCCC(=O)N(C(=O)CCC/C=C/C)C(CC(=O)OCC)C(=O)[O-].[Na+]. The van der Waals surface area contributed by atoms with Crippen molar-refractivity contribution in [2.45, 2.75) is 71.8 Å². The third-order valence-corrected chi connectivity index (χ3v) is 3.78. The summed E-state index contributed by atoms with van der Waals surface area (Å²) in [6, 6.07) is -1.66. The van der Waals surface area contributed by atoms with Gasteiger partial charge in [-0.05, 0) is 46.5 Å². The molecule has 0 saturated carbocycles. The number of hydrogen-bond donors (Lipinski definition) is 0. The Bertz CT molecular complexity index is 529. The number of allylic oxidation sites excluding steroid dienone is 4. The molecule has 0 saturated heterocycles. The van der Waals surface area contributed by atoms with Crippen molar-refractivity contribution in [3.8, 4) is 0 Å². The van der Waals surface area contributed by atoms with Crippen LogP contribution in [0.2, 0.25) is 0 Å². The molecule has 0 rings (SSSR count). The second kappa shape index (κ2) is 17.6. The van der Waals surface area contributed by atoms with Crippen LogP contribution in [-0.2, 0) is 23.9 Å². The quantitative estimate of drug-likeness (QED) is 0.168. The molecule has 0 aliphatic rings. The number of carboxylic acid groups (broad SMARTS) is 1. The van der Waals surface area contributed by atoms with Crippen LogP contribution in [0.25, 0.3) is 0 Å². The van der Waals surface area contributed by atoms with Gasteiger partial charge in [-0.25, -0.2) is 0 Å². The molecule has 1 atom stereocenters. The molecule has 0 aliphatic carbocycles.